The van der Waals surface area contributed by atoms with Gasteiger partial charge in [-0.25, -0.2) is 0 Å². The highest BCUT2D eigenvalue weighted by atomic mass is 16.3. The lowest BCUT2D eigenvalue weighted by molar-refractivity contribution is 0.0522. The molecule has 0 aliphatic carbocycles. The van der Waals surface area contributed by atoms with Crippen molar-refractivity contribution < 1.29 is 9.90 Å². The van der Waals surface area contributed by atoms with Crippen molar-refractivity contribution in [3.05, 3.63) is 42.0 Å². The molecule has 1 fully saturated rings. The molecule has 1 aliphatic heterocycles. The fourth-order valence-corrected chi connectivity index (χ4v) is 3.20. The summed E-state index contributed by atoms with van der Waals surface area (Å²) in [6.07, 6.45) is 1.39. The largest absolute Gasteiger partial charge is 0.398 e. The number of hydrogen-bond donors (Lipinski definition) is 2. The van der Waals surface area contributed by atoms with Crippen LogP contribution in [0.1, 0.15) is 30.1 Å². The molecular weight excluding hydrogens is 276 g/mol. The molecule has 3 N–H and O–H groups in total. The third-order valence-electron chi connectivity index (χ3n) is 4.66. The van der Waals surface area contributed by atoms with Gasteiger partial charge < -0.3 is 15.7 Å². The average Bonchev–Trinajstić information content (AvgIpc) is 2.53. The lowest BCUT2D eigenvalue weighted by Gasteiger charge is -2.33. The Bertz CT molecular complexity index is 689. The third-order valence-corrected chi connectivity index (χ3v) is 4.66. The van der Waals surface area contributed by atoms with Gasteiger partial charge in [-0.3, -0.25) is 4.79 Å². The summed E-state index contributed by atoms with van der Waals surface area (Å²) in [7, 11) is 0. The number of rotatable bonds is 2. The molecule has 0 spiro atoms. The lowest BCUT2D eigenvalue weighted by atomic mass is 9.91. The van der Waals surface area contributed by atoms with Crippen LogP contribution < -0.4 is 5.73 Å². The van der Waals surface area contributed by atoms with Crippen LogP contribution in [0.3, 0.4) is 0 Å². The Morgan fingerprint density at radius 1 is 1.23 bits per heavy atom. The van der Waals surface area contributed by atoms with Crippen LogP contribution in [0.5, 0.6) is 0 Å². The second-order valence-electron chi connectivity index (χ2n) is 6.16. The van der Waals surface area contributed by atoms with Crippen LogP contribution in [0.25, 0.3) is 10.8 Å². The molecule has 1 saturated heterocycles. The van der Waals surface area contributed by atoms with Gasteiger partial charge in [0.1, 0.15) is 0 Å². The molecule has 0 aromatic heterocycles. The summed E-state index contributed by atoms with van der Waals surface area (Å²) in [5, 5.41) is 11.7. The molecule has 4 heteroatoms. The summed E-state index contributed by atoms with van der Waals surface area (Å²) in [6.45, 7) is 3.19. The van der Waals surface area contributed by atoms with E-state index in [-0.39, 0.29) is 17.9 Å². The fourth-order valence-electron chi connectivity index (χ4n) is 3.20. The lowest BCUT2D eigenvalue weighted by Crippen LogP contribution is -2.41. The van der Waals surface area contributed by atoms with E-state index in [9.17, 15) is 9.90 Å². The standard InChI is InChI=1S/C18H22N2O2/c1-12(21)13-6-8-20(9-7-13)18(22)16-10-14-4-2-3-5-15(14)11-17(16)19/h2-5,10-13,21H,6-9,19H2,1H3. The van der Waals surface area contributed by atoms with Crippen molar-refractivity contribution >= 4 is 22.4 Å². The topological polar surface area (TPSA) is 66.6 Å². The monoisotopic (exact) mass is 298 g/mol. The van der Waals surface area contributed by atoms with Crippen LogP contribution in [0.4, 0.5) is 5.69 Å². The number of benzene rings is 2. The number of nitrogens with two attached hydrogens (primary N) is 1. The number of piperidine rings is 1. The molecular formula is C18H22N2O2. The van der Waals surface area contributed by atoms with Gasteiger partial charge in [-0.2, -0.15) is 0 Å². The molecule has 0 radical (unpaired) electrons. The van der Waals surface area contributed by atoms with Crippen LogP contribution in [-0.4, -0.2) is 35.1 Å². The van der Waals surface area contributed by atoms with E-state index >= 15 is 0 Å². The zero-order valence-electron chi connectivity index (χ0n) is 12.8. The van der Waals surface area contributed by atoms with Gasteiger partial charge in [0.2, 0.25) is 0 Å². The summed E-state index contributed by atoms with van der Waals surface area (Å²) in [4.78, 5) is 14.6. The smallest absolute Gasteiger partial charge is 0.255 e. The number of hydrogen-bond acceptors (Lipinski definition) is 3. The molecule has 1 atom stereocenters. The Balaban J connectivity index is 1.82. The van der Waals surface area contributed by atoms with Crippen LogP contribution in [-0.2, 0) is 0 Å². The Hall–Kier alpha value is -2.07. The van der Waals surface area contributed by atoms with Crippen LogP contribution in [0.15, 0.2) is 36.4 Å². The van der Waals surface area contributed by atoms with Crippen molar-refractivity contribution in [3.63, 3.8) is 0 Å². The summed E-state index contributed by atoms with van der Waals surface area (Å²) >= 11 is 0. The normalized spacial score (nSPS) is 17.6. The first-order valence-electron chi connectivity index (χ1n) is 7.82. The highest BCUT2D eigenvalue weighted by molar-refractivity contribution is 6.03. The van der Waals surface area contributed by atoms with Crippen molar-refractivity contribution in [2.45, 2.75) is 25.9 Å². The van der Waals surface area contributed by atoms with Gasteiger partial charge in [-0.15, -0.1) is 0 Å². The molecule has 1 aliphatic rings. The first kappa shape index (κ1) is 14.9. The molecule has 1 unspecified atom stereocenters. The Kier molecular flexibility index (Phi) is 4.03. The second-order valence-corrected chi connectivity index (χ2v) is 6.16. The molecule has 0 bridgehead atoms. The predicted octanol–water partition coefficient (Wildman–Crippen LogP) is 2.66. The van der Waals surface area contributed by atoms with Crippen LogP contribution in [0.2, 0.25) is 0 Å². The first-order chi connectivity index (χ1) is 10.6. The van der Waals surface area contributed by atoms with Crippen molar-refractivity contribution in [1.82, 2.24) is 4.90 Å². The van der Waals surface area contributed by atoms with Crippen LogP contribution >= 0.6 is 0 Å². The average molecular weight is 298 g/mol. The van der Waals surface area contributed by atoms with E-state index in [1.165, 1.54) is 0 Å². The van der Waals surface area contributed by atoms with Crippen molar-refractivity contribution in [2.24, 2.45) is 5.92 Å². The molecule has 2 aromatic carbocycles. The minimum atomic E-state index is -0.303. The summed E-state index contributed by atoms with van der Waals surface area (Å²) in [6, 6.07) is 11.7. The summed E-state index contributed by atoms with van der Waals surface area (Å²) in [5.41, 5.74) is 7.19. The van der Waals surface area contributed by atoms with Gasteiger partial charge in [-0.05, 0) is 48.6 Å². The van der Waals surface area contributed by atoms with Gasteiger partial charge in [0.25, 0.3) is 5.91 Å². The van der Waals surface area contributed by atoms with E-state index in [1.807, 2.05) is 48.2 Å². The predicted molar refractivity (Wildman–Crippen MR) is 88.7 cm³/mol. The number of nitrogens with zero attached hydrogens (tertiary/aromatic N) is 1. The maximum absolute atomic E-state index is 12.7. The number of carbonyl (C=O) groups is 1. The van der Waals surface area contributed by atoms with Crippen molar-refractivity contribution in [2.75, 3.05) is 18.8 Å². The van der Waals surface area contributed by atoms with E-state index in [0.29, 0.717) is 24.3 Å². The molecule has 2 aromatic rings. The number of aliphatic hydroxyl groups is 1. The molecule has 4 nitrogen and oxygen atoms in total. The van der Waals surface area contributed by atoms with Gasteiger partial charge in [0.05, 0.1) is 11.7 Å². The van der Waals surface area contributed by atoms with E-state index in [4.69, 9.17) is 5.73 Å². The quantitative estimate of drug-likeness (QED) is 0.838. The number of carbonyl (C=O) groups excluding carboxylic acids is 1. The number of aliphatic hydroxyl groups excluding tert-OH is 1. The molecule has 1 amide bonds. The molecule has 116 valence electrons. The highest BCUT2D eigenvalue weighted by Gasteiger charge is 2.26. The molecule has 0 saturated carbocycles. The van der Waals surface area contributed by atoms with Crippen molar-refractivity contribution in [1.29, 1.82) is 0 Å². The minimum Gasteiger partial charge on any atom is -0.398 e. The zero-order valence-corrected chi connectivity index (χ0v) is 12.8. The number of amides is 1. The van der Waals surface area contributed by atoms with Gasteiger partial charge in [0, 0.05) is 18.8 Å². The number of likely N-dealkylation sites (tertiary alicyclic amines) is 1. The van der Waals surface area contributed by atoms with E-state index in [0.717, 1.165) is 23.6 Å². The Morgan fingerprint density at radius 2 is 1.82 bits per heavy atom. The van der Waals surface area contributed by atoms with Gasteiger partial charge >= 0.3 is 0 Å². The minimum absolute atomic E-state index is 0.00713. The van der Waals surface area contributed by atoms with E-state index in [1.54, 1.807) is 0 Å². The highest BCUT2D eigenvalue weighted by Crippen LogP contribution is 2.26. The fraction of sp³-hybridized carbons (Fsp3) is 0.389. The number of nitrogen functional groups attached to an aromatic ring is 1. The number of anilines is 1. The number of fused-ring (bicyclic) bond motifs is 1. The Labute approximate surface area is 130 Å². The maximum atomic E-state index is 12.7. The Morgan fingerprint density at radius 3 is 2.41 bits per heavy atom. The van der Waals surface area contributed by atoms with Crippen molar-refractivity contribution in [3.8, 4) is 0 Å². The van der Waals surface area contributed by atoms with E-state index in [2.05, 4.69) is 0 Å². The maximum Gasteiger partial charge on any atom is 0.255 e. The second kappa shape index (κ2) is 5.97. The van der Waals surface area contributed by atoms with E-state index < -0.39 is 0 Å². The molecule has 3 rings (SSSR count). The SMILES string of the molecule is CC(O)C1CCN(C(=O)c2cc3ccccc3cc2N)CC1. The zero-order chi connectivity index (χ0) is 15.7. The summed E-state index contributed by atoms with van der Waals surface area (Å²) < 4.78 is 0. The first-order valence-corrected chi connectivity index (χ1v) is 7.82. The van der Waals surface area contributed by atoms with Gasteiger partial charge in [-0.1, -0.05) is 24.3 Å². The molecule has 22 heavy (non-hydrogen) atoms. The van der Waals surface area contributed by atoms with Gasteiger partial charge in [0.15, 0.2) is 0 Å². The third kappa shape index (κ3) is 2.79. The van der Waals surface area contributed by atoms with Crippen LogP contribution in [0, 0.1) is 5.92 Å². The summed E-state index contributed by atoms with van der Waals surface area (Å²) in [5.74, 6) is 0.283. The molecule has 1 heterocycles.